The second-order valence-electron chi connectivity index (χ2n) is 4.57. The van der Waals surface area contributed by atoms with E-state index in [1.165, 1.54) is 17.3 Å². The molecule has 5 nitrogen and oxygen atoms in total. The summed E-state index contributed by atoms with van der Waals surface area (Å²) >= 11 is 1.54. The molecule has 20 heavy (non-hydrogen) atoms. The Morgan fingerprint density at radius 1 is 1.45 bits per heavy atom. The van der Waals surface area contributed by atoms with Gasteiger partial charge in [-0.25, -0.2) is 9.89 Å². The molecule has 0 spiro atoms. The lowest BCUT2D eigenvalue weighted by Gasteiger charge is -2.09. The van der Waals surface area contributed by atoms with Crippen molar-refractivity contribution in [2.75, 3.05) is 7.11 Å². The molecule has 6 heteroatoms. The molecule has 0 atom stereocenters. The molecule has 1 N–H and O–H groups in total. The molecule has 0 fully saturated rings. The molecule has 108 valence electrons. The Bertz CT molecular complexity index is 634. The lowest BCUT2D eigenvalue weighted by molar-refractivity contribution is 0.411. The highest BCUT2D eigenvalue weighted by Crippen LogP contribution is 2.27. The fourth-order valence-corrected chi connectivity index (χ4v) is 2.95. The first kappa shape index (κ1) is 14.7. The van der Waals surface area contributed by atoms with E-state index in [1.54, 1.807) is 11.7 Å². The zero-order chi connectivity index (χ0) is 14.5. The minimum absolute atomic E-state index is 0.148. The van der Waals surface area contributed by atoms with Crippen molar-refractivity contribution >= 4 is 11.8 Å². The summed E-state index contributed by atoms with van der Waals surface area (Å²) in [5, 5.41) is 7.30. The molecule has 0 bridgehead atoms. The zero-order valence-corrected chi connectivity index (χ0v) is 12.8. The SMILES string of the molecule is CCCn1c(SCc2cc(C)ccc2OC)n[nH]c1=O. The topological polar surface area (TPSA) is 59.9 Å². The summed E-state index contributed by atoms with van der Waals surface area (Å²) in [4.78, 5) is 11.6. The Hall–Kier alpha value is -1.69. The molecule has 1 heterocycles. The molecule has 0 saturated carbocycles. The van der Waals surface area contributed by atoms with E-state index < -0.39 is 0 Å². The van der Waals surface area contributed by atoms with Crippen LogP contribution in [0.25, 0.3) is 0 Å². The summed E-state index contributed by atoms with van der Waals surface area (Å²) in [6.07, 6.45) is 0.904. The molecular formula is C14H19N3O2S. The van der Waals surface area contributed by atoms with Crippen LogP contribution in [0, 0.1) is 6.92 Å². The molecule has 0 saturated heterocycles. The third-order valence-corrected chi connectivity index (χ3v) is 3.99. The smallest absolute Gasteiger partial charge is 0.343 e. The first-order valence-electron chi connectivity index (χ1n) is 6.57. The fourth-order valence-electron chi connectivity index (χ4n) is 2.00. The summed E-state index contributed by atoms with van der Waals surface area (Å²) in [5.74, 6) is 1.59. The van der Waals surface area contributed by atoms with Crippen LogP contribution in [0.3, 0.4) is 0 Å². The Labute approximate surface area is 122 Å². The van der Waals surface area contributed by atoms with Gasteiger partial charge in [-0.15, -0.1) is 5.10 Å². The Morgan fingerprint density at radius 3 is 2.95 bits per heavy atom. The minimum atomic E-state index is -0.148. The van der Waals surface area contributed by atoms with Gasteiger partial charge in [-0.2, -0.15) is 0 Å². The van der Waals surface area contributed by atoms with Gasteiger partial charge in [-0.05, 0) is 19.4 Å². The Kier molecular flexibility index (Phi) is 4.89. The second kappa shape index (κ2) is 6.65. The number of hydrogen-bond donors (Lipinski definition) is 1. The molecule has 0 aliphatic heterocycles. The number of ether oxygens (including phenoxy) is 1. The van der Waals surface area contributed by atoms with Crippen LogP contribution >= 0.6 is 11.8 Å². The van der Waals surface area contributed by atoms with Crippen LogP contribution in [-0.2, 0) is 12.3 Å². The second-order valence-corrected chi connectivity index (χ2v) is 5.51. The average Bonchev–Trinajstić information content (AvgIpc) is 2.78. The van der Waals surface area contributed by atoms with Gasteiger partial charge in [0.05, 0.1) is 7.11 Å². The number of methoxy groups -OCH3 is 1. The van der Waals surface area contributed by atoms with Gasteiger partial charge < -0.3 is 4.74 Å². The third-order valence-electron chi connectivity index (χ3n) is 2.96. The van der Waals surface area contributed by atoms with Gasteiger partial charge in [0.1, 0.15) is 5.75 Å². The van der Waals surface area contributed by atoms with Crippen molar-refractivity contribution in [2.24, 2.45) is 0 Å². The number of aryl methyl sites for hydroxylation is 1. The summed E-state index contributed by atoms with van der Waals surface area (Å²) in [6, 6.07) is 6.09. The van der Waals surface area contributed by atoms with Crippen molar-refractivity contribution in [1.82, 2.24) is 14.8 Å². The first-order valence-corrected chi connectivity index (χ1v) is 7.55. The molecule has 0 unspecified atom stereocenters. The summed E-state index contributed by atoms with van der Waals surface area (Å²) in [7, 11) is 1.67. The van der Waals surface area contributed by atoms with E-state index in [0.717, 1.165) is 28.6 Å². The highest BCUT2D eigenvalue weighted by Gasteiger charge is 2.10. The lowest BCUT2D eigenvalue weighted by Crippen LogP contribution is -2.17. The van der Waals surface area contributed by atoms with Gasteiger partial charge >= 0.3 is 5.69 Å². The molecular weight excluding hydrogens is 274 g/mol. The predicted octanol–water partition coefficient (Wildman–Crippen LogP) is 2.59. The van der Waals surface area contributed by atoms with Gasteiger partial charge in [0.25, 0.3) is 0 Å². The van der Waals surface area contributed by atoms with E-state index in [2.05, 4.69) is 23.2 Å². The largest absolute Gasteiger partial charge is 0.496 e. The van der Waals surface area contributed by atoms with Crippen LogP contribution in [0.1, 0.15) is 24.5 Å². The summed E-state index contributed by atoms with van der Waals surface area (Å²) in [5.41, 5.74) is 2.15. The van der Waals surface area contributed by atoms with Crippen LogP contribution in [0.2, 0.25) is 0 Å². The zero-order valence-electron chi connectivity index (χ0n) is 12.0. The monoisotopic (exact) mass is 293 g/mol. The molecule has 0 aliphatic rings. The van der Waals surface area contributed by atoms with E-state index in [9.17, 15) is 4.79 Å². The van der Waals surface area contributed by atoms with Gasteiger partial charge in [-0.1, -0.05) is 36.4 Å². The molecule has 2 aromatic rings. The molecule has 1 aromatic heterocycles. The lowest BCUT2D eigenvalue weighted by atomic mass is 10.1. The van der Waals surface area contributed by atoms with Crippen molar-refractivity contribution in [2.45, 2.75) is 37.7 Å². The Balaban J connectivity index is 2.16. The summed E-state index contributed by atoms with van der Waals surface area (Å²) < 4.78 is 7.04. The summed E-state index contributed by atoms with van der Waals surface area (Å²) in [6.45, 7) is 4.77. The van der Waals surface area contributed by atoms with E-state index in [-0.39, 0.29) is 5.69 Å². The standard InChI is InChI=1S/C14H19N3O2S/c1-4-7-17-13(18)15-16-14(17)20-9-11-8-10(2)5-6-12(11)19-3/h5-6,8H,4,7,9H2,1-3H3,(H,15,18). The van der Waals surface area contributed by atoms with E-state index in [4.69, 9.17) is 4.74 Å². The van der Waals surface area contributed by atoms with Gasteiger partial charge in [0.15, 0.2) is 5.16 Å². The number of aromatic amines is 1. The van der Waals surface area contributed by atoms with Crippen LogP contribution in [0.4, 0.5) is 0 Å². The van der Waals surface area contributed by atoms with E-state index >= 15 is 0 Å². The molecule has 2 rings (SSSR count). The number of thioether (sulfide) groups is 1. The maximum atomic E-state index is 11.6. The van der Waals surface area contributed by atoms with Gasteiger partial charge in [-0.3, -0.25) is 4.57 Å². The maximum Gasteiger partial charge on any atom is 0.343 e. The molecule has 0 radical (unpaired) electrons. The number of hydrogen-bond acceptors (Lipinski definition) is 4. The number of H-pyrrole nitrogens is 1. The minimum Gasteiger partial charge on any atom is -0.496 e. The van der Waals surface area contributed by atoms with E-state index in [0.29, 0.717) is 6.54 Å². The van der Waals surface area contributed by atoms with Crippen LogP contribution in [0.15, 0.2) is 28.2 Å². The normalized spacial score (nSPS) is 10.8. The van der Waals surface area contributed by atoms with E-state index in [1.807, 2.05) is 19.1 Å². The number of rotatable bonds is 6. The average molecular weight is 293 g/mol. The number of nitrogens with zero attached hydrogens (tertiary/aromatic N) is 2. The third kappa shape index (κ3) is 3.25. The molecule has 0 aliphatic carbocycles. The first-order chi connectivity index (χ1) is 9.65. The van der Waals surface area contributed by atoms with Crippen molar-refractivity contribution in [1.29, 1.82) is 0 Å². The van der Waals surface area contributed by atoms with Crippen LogP contribution < -0.4 is 10.4 Å². The predicted molar refractivity (Wildman–Crippen MR) is 80.4 cm³/mol. The van der Waals surface area contributed by atoms with Gasteiger partial charge in [0.2, 0.25) is 0 Å². The van der Waals surface area contributed by atoms with Crippen LogP contribution in [-0.4, -0.2) is 21.9 Å². The number of aromatic nitrogens is 3. The van der Waals surface area contributed by atoms with Crippen LogP contribution in [0.5, 0.6) is 5.75 Å². The van der Waals surface area contributed by atoms with Crippen molar-refractivity contribution < 1.29 is 4.74 Å². The quantitative estimate of drug-likeness (QED) is 0.832. The Morgan fingerprint density at radius 2 is 2.25 bits per heavy atom. The number of benzene rings is 1. The van der Waals surface area contributed by atoms with Crippen molar-refractivity contribution in [3.63, 3.8) is 0 Å². The highest BCUT2D eigenvalue weighted by atomic mass is 32.2. The van der Waals surface area contributed by atoms with Crippen molar-refractivity contribution in [3.8, 4) is 5.75 Å². The maximum absolute atomic E-state index is 11.6. The highest BCUT2D eigenvalue weighted by molar-refractivity contribution is 7.98. The number of nitrogens with one attached hydrogen (secondary N) is 1. The van der Waals surface area contributed by atoms with Gasteiger partial charge in [0, 0.05) is 17.9 Å². The fraction of sp³-hybridized carbons (Fsp3) is 0.429. The van der Waals surface area contributed by atoms with Crippen molar-refractivity contribution in [3.05, 3.63) is 39.8 Å². The molecule has 1 aromatic carbocycles. The molecule has 0 amide bonds.